The van der Waals surface area contributed by atoms with Gasteiger partial charge in [-0.3, -0.25) is 0 Å². The molecule has 3 N–H and O–H groups in total. The highest BCUT2D eigenvalue weighted by Crippen LogP contribution is 2.30. The van der Waals surface area contributed by atoms with Gasteiger partial charge in [-0.15, -0.1) is 0 Å². The van der Waals surface area contributed by atoms with Crippen molar-refractivity contribution >= 4 is 22.7 Å². The molecule has 28 heavy (non-hydrogen) atoms. The molecule has 6 nitrogen and oxygen atoms in total. The van der Waals surface area contributed by atoms with Crippen molar-refractivity contribution in [3.63, 3.8) is 0 Å². The molecule has 0 radical (unpaired) electrons. The largest absolute Gasteiger partial charge is 0.478 e. The smallest absolute Gasteiger partial charge is 0.222 e. The fourth-order valence-electron chi connectivity index (χ4n) is 3.72. The summed E-state index contributed by atoms with van der Waals surface area (Å²) < 4.78 is 5.58. The molecular weight excluding hydrogens is 350 g/mol. The average Bonchev–Trinajstić information content (AvgIpc) is 2.73. The van der Waals surface area contributed by atoms with Crippen molar-refractivity contribution in [3.05, 3.63) is 36.5 Å². The lowest BCUT2D eigenvalue weighted by atomic mass is 9.95. The Morgan fingerprint density at radius 3 is 2.64 bits per heavy atom. The standard InChI is InChI=1S/C22H27N5O/c1-2-12-28-20-11-9-16(14-24-20)15-8-10-19-18(13-15)21(27-22(23)26-19)25-17-6-4-3-5-7-17/h8-11,13-14,17H,2-7,12H2,1H3,(H3,23,25,26,27). The molecule has 1 aromatic carbocycles. The van der Waals surface area contributed by atoms with Crippen molar-refractivity contribution in [1.82, 2.24) is 15.0 Å². The Kier molecular flexibility index (Phi) is 5.55. The zero-order valence-corrected chi connectivity index (χ0v) is 16.3. The van der Waals surface area contributed by atoms with Crippen LogP contribution in [0.1, 0.15) is 45.4 Å². The minimum Gasteiger partial charge on any atom is -0.478 e. The number of rotatable bonds is 6. The van der Waals surface area contributed by atoms with Crippen molar-refractivity contribution in [3.8, 4) is 17.0 Å². The summed E-state index contributed by atoms with van der Waals surface area (Å²) in [5.74, 6) is 1.78. The first kappa shape index (κ1) is 18.5. The summed E-state index contributed by atoms with van der Waals surface area (Å²) in [7, 11) is 0. The van der Waals surface area contributed by atoms with E-state index in [1.807, 2.05) is 30.5 Å². The van der Waals surface area contributed by atoms with Gasteiger partial charge < -0.3 is 15.8 Å². The highest BCUT2D eigenvalue weighted by molar-refractivity contribution is 5.93. The molecule has 2 heterocycles. The van der Waals surface area contributed by atoms with E-state index in [4.69, 9.17) is 10.5 Å². The molecule has 3 aromatic rings. The SMILES string of the molecule is CCCOc1ccc(-c2ccc3nc(N)nc(NC4CCCCC4)c3c2)cn1. The Morgan fingerprint density at radius 2 is 1.89 bits per heavy atom. The molecule has 0 unspecified atom stereocenters. The number of benzene rings is 1. The number of hydrogen-bond acceptors (Lipinski definition) is 6. The molecular formula is C22H27N5O. The Morgan fingerprint density at radius 1 is 1.07 bits per heavy atom. The summed E-state index contributed by atoms with van der Waals surface area (Å²) in [5, 5.41) is 4.60. The van der Waals surface area contributed by atoms with E-state index >= 15 is 0 Å². The number of hydrogen-bond donors (Lipinski definition) is 2. The molecule has 1 aliphatic carbocycles. The number of nitrogen functional groups attached to an aromatic ring is 1. The molecule has 6 heteroatoms. The van der Waals surface area contributed by atoms with E-state index in [0.29, 0.717) is 24.5 Å². The van der Waals surface area contributed by atoms with E-state index in [2.05, 4.69) is 33.3 Å². The first-order valence-electron chi connectivity index (χ1n) is 10.2. The summed E-state index contributed by atoms with van der Waals surface area (Å²) in [6.45, 7) is 2.76. The fraction of sp³-hybridized carbons (Fsp3) is 0.409. The molecule has 1 saturated carbocycles. The third-order valence-electron chi connectivity index (χ3n) is 5.18. The third-order valence-corrected chi connectivity index (χ3v) is 5.18. The fourth-order valence-corrected chi connectivity index (χ4v) is 3.72. The number of nitrogens with zero attached hydrogens (tertiary/aromatic N) is 3. The van der Waals surface area contributed by atoms with Crippen LogP contribution in [-0.4, -0.2) is 27.6 Å². The number of aromatic nitrogens is 3. The Balaban J connectivity index is 1.65. The monoisotopic (exact) mass is 377 g/mol. The zero-order valence-electron chi connectivity index (χ0n) is 16.3. The number of fused-ring (bicyclic) bond motifs is 1. The first-order chi connectivity index (χ1) is 13.7. The summed E-state index contributed by atoms with van der Waals surface area (Å²) in [6, 6.07) is 10.6. The van der Waals surface area contributed by atoms with Crippen LogP contribution >= 0.6 is 0 Å². The molecule has 0 aliphatic heterocycles. The maximum atomic E-state index is 5.95. The van der Waals surface area contributed by atoms with Crippen LogP contribution in [0.2, 0.25) is 0 Å². The lowest BCUT2D eigenvalue weighted by Gasteiger charge is -2.24. The molecule has 0 spiro atoms. The van der Waals surface area contributed by atoms with Gasteiger partial charge in [-0.1, -0.05) is 32.3 Å². The van der Waals surface area contributed by atoms with Gasteiger partial charge in [0.25, 0.3) is 0 Å². The van der Waals surface area contributed by atoms with Crippen LogP contribution in [0.4, 0.5) is 11.8 Å². The maximum absolute atomic E-state index is 5.95. The molecule has 1 aliphatic rings. The van der Waals surface area contributed by atoms with E-state index < -0.39 is 0 Å². The second-order valence-electron chi connectivity index (χ2n) is 7.38. The van der Waals surface area contributed by atoms with Gasteiger partial charge in [-0.25, -0.2) is 9.97 Å². The summed E-state index contributed by atoms with van der Waals surface area (Å²) in [4.78, 5) is 13.3. The first-order valence-corrected chi connectivity index (χ1v) is 10.2. The Hall–Kier alpha value is -2.89. The van der Waals surface area contributed by atoms with E-state index in [9.17, 15) is 0 Å². The second kappa shape index (κ2) is 8.42. The van der Waals surface area contributed by atoms with Gasteiger partial charge in [0.1, 0.15) is 5.82 Å². The van der Waals surface area contributed by atoms with Crippen molar-refractivity contribution in [2.45, 2.75) is 51.5 Å². The highest BCUT2D eigenvalue weighted by Gasteiger charge is 2.16. The minimum absolute atomic E-state index is 0.303. The lowest BCUT2D eigenvalue weighted by molar-refractivity contribution is 0.305. The van der Waals surface area contributed by atoms with Crippen molar-refractivity contribution in [2.24, 2.45) is 0 Å². The average molecular weight is 377 g/mol. The topological polar surface area (TPSA) is 86.0 Å². The van der Waals surface area contributed by atoms with Crippen molar-refractivity contribution in [2.75, 3.05) is 17.7 Å². The molecule has 146 valence electrons. The van der Waals surface area contributed by atoms with Gasteiger partial charge >= 0.3 is 0 Å². The van der Waals surface area contributed by atoms with E-state index in [1.165, 1.54) is 32.1 Å². The molecule has 1 fully saturated rings. The number of anilines is 2. The van der Waals surface area contributed by atoms with Gasteiger partial charge in [-0.05, 0) is 43.0 Å². The van der Waals surface area contributed by atoms with Crippen LogP contribution in [0.5, 0.6) is 5.88 Å². The number of pyridine rings is 1. The lowest BCUT2D eigenvalue weighted by Crippen LogP contribution is -2.23. The summed E-state index contributed by atoms with van der Waals surface area (Å²) >= 11 is 0. The van der Waals surface area contributed by atoms with Gasteiger partial charge in [-0.2, -0.15) is 4.98 Å². The van der Waals surface area contributed by atoms with E-state index in [1.54, 1.807) is 0 Å². The molecule has 0 atom stereocenters. The maximum Gasteiger partial charge on any atom is 0.222 e. The van der Waals surface area contributed by atoms with Gasteiger partial charge in [0, 0.05) is 29.3 Å². The van der Waals surface area contributed by atoms with Gasteiger partial charge in [0.2, 0.25) is 11.8 Å². The summed E-state index contributed by atoms with van der Waals surface area (Å²) in [5.41, 5.74) is 8.91. The molecule has 0 bridgehead atoms. The zero-order chi connectivity index (χ0) is 19.3. The van der Waals surface area contributed by atoms with Crippen molar-refractivity contribution < 1.29 is 4.74 Å². The van der Waals surface area contributed by atoms with Crippen molar-refractivity contribution in [1.29, 1.82) is 0 Å². The van der Waals surface area contributed by atoms with Gasteiger partial charge in [0.15, 0.2) is 0 Å². The van der Waals surface area contributed by atoms with Gasteiger partial charge in [0.05, 0.1) is 12.1 Å². The van der Waals surface area contributed by atoms with Crippen LogP contribution in [0, 0.1) is 0 Å². The molecule has 0 amide bonds. The van der Waals surface area contributed by atoms with Crippen LogP contribution < -0.4 is 15.8 Å². The predicted molar refractivity (Wildman–Crippen MR) is 113 cm³/mol. The Bertz CT molecular complexity index is 936. The minimum atomic E-state index is 0.303. The predicted octanol–water partition coefficient (Wildman–Crippen LogP) is 4.81. The number of nitrogens with one attached hydrogen (secondary N) is 1. The second-order valence-corrected chi connectivity index (χ2v) is 7.38. The third kappa shape index (κ3) is 4.16. The van der Waals surface area contributed by atoms with Crippen LogP contribution in [-0.2, 0) is 0 Å². The molecule has 0 saturated heterocycles. The molecule has 4 rings (SSSR count). The Labute approximate surface area is 165 Å². The van der Waals surface area contributed by atoms with Crippen LogP contribution in [0.25, 0.3) is 22.0 Å². The van der Waals surface area contributed by atoms with E-state index in [-0.39, 0.29) is 0 Å². The molecule has 2 aromatic heterocycles. The number of nitrogens with two attached hydrogens (primary N) is 1. The van der Waals surface area contributed by atoms with Crippen LogP contribution in [0.3, 0.4) is 0 Å². The normalized spacial score (nSPS) is 14.9. The van der Waals surface area contributed by atoms with Crippen LogP contribution in [0.15, 0.2) is 36.5 Å². The quantitative estimate of drug-likeness (QED) is 0.641. The highest BCUT2D eigenvalue weighted by atomic mass is 16.5. The van der Waals surface area contributed by atoms with E-state index in [0.717, 1.165) is 34.3 Å². The summed E-state index contributed by atoms with van der Waals surface area (Å²) in [6.07, 6.45) is 9.01. The number of ether oxygens (including phenoxy) is 1.